The monoisotopic (exact) mass is 179 g/mol. The van der Waals surface area contributed by atoms with E-state index in [0.717, 1.165) is 12.8 Å². The zero-order chi connectivity index (χ0) is 8.81. The van der Waals surface area contributed by atoms with Crippen LogP contribution in [0.2, 0.25) is 0 Å². The lowest BCUT2D eigenvalue weighted by Gasteiger charge is -2.05. The highest BCUT2D eigenvalue weighted by Crippen LogP contribution is 2.17. The van der Waals surface area contributed by atoms with E-state index in [-0.39, 0.29) is 6.04 Å². The van der Waals surface area contributed by atoms with E-state index in [1.54, 1.807) is 11.3 Å². The standard InChI is InChI=1S/C10H13NS/c1-2-3-4-5-10(11)9-6-7-12-8-9/h6-8,10H,4-5,11H2,1H3. The van der Waals surface area contributed by atoms with Crippen molar-refractivity contribution in [1.29, 1.82) is 0 Å². The van der Waals surface area contributed by atoms with Crippen LogP contribution in [0.25, 0.3) is 0 Å². The van der Waals surface area contributed by atoms with E-state index in [1.165, 1.54) is 5.56 Å². The van der Waals surface area contributed by atoms with Gasteiger partial charge < -0.3 is 5.73 Å². The van der Waals surface area contributed by atoms with Gasteiger partial charge in [-0.3, -0.25) is 0 Å². The van der Waals surface area contributed by atoms with Crippen LogP contribution in [0.15, 0.2) is 16.8 Å². The Labute approximate surface area is 77.6 Å². The summed E-state index contributed by atoms with van der Waals surface area (Å²) < 4.78 is 0. The molecule has 0 saturated heterocycles. The molecule has 1 atom stereocenters. The van der Waals surface area contributed by atoms with Gasteiger partial charge in [-0.1, -0.05) is 0 Å². The van der Waals surface area contributed by atoms with Crippen molar-refractivity contribution >= 4 is 11.3 Å². The summed E-state index contributed by atoms with van der Waals surface area (Å²) >= 11 is 1.69. The first-order valence-electron chi connectivity index (χ1n) is 4.02. The van der Waals surface area contributed by atoms with E-state index in [9.17, 15) is 0 Å². The third-order valence-electron chi connectivity index (χ3n) is 1.73. The van der Waals surface area contributed by atoms with Crippen molar-refractivity contribution < 1.29 is 0 Å². The van der Waals surface area contributed by atoms with E-state index in [2.05, 4.69) is 28.7 Å². The van der Waals surface area contributed by atoms with Crippen LogP contribution in [0.5, 0.6) is 0 Å². The molecule has 2 N–H and O–H groups in total. The number of hydrogen-bond acceptors (Lipinski definition) is 2. The Morgan fingerprint density at radius 3 is 3.08 bits per heavy atom. The molecule has 1 heterocycles. The highest BCUT2D eigenvalue weighted by atomic mass is 32.1. The number of rotatable bonds is 3. The molecule has 12 heavy (non-hydrogen) atoms. The maximum Gasteiger partial charge on any atom is 0.0312 e. The molecule has 1 rings (SSSR count). The van der Waals surface area contributed by atoms with Gasteiger partial charge in [0, 0.05) is 12.5 Å². The zero-order valence-corrected chi connectivity index (χ0v) is 8.03. The first-order valence-corrected chi connectivity index (χ1v) is 4.96. The molecule has 0 aromatic carbocycles. The first-order chi connectivity index (χ1) is 5.84. The molecule has 0 aliphatic rings. The van der Waals surface area contributed by atoms with Crippen molar-refractivity contribution in [2.45, 2.75) is 25.8 Å². The fraction of sp³-hybridized carbons (Fsp3) is 0.400. The fourth-order valence-corrected chi connectivity index (χ4v) is 1.73. The van der Waals surface area contributed by atoms with E-state index < -0.39 is 0 Å². The highest BCUT2D eigenvalue weighted by molar-refractivity contribution is 7.07. The van der Waals surface area contributed by atoms with Gasteiger partial charge in [-0.2, -0.15) is 11.3 Å². The van der Waals surface area contributed by atoms with Crippen LogP contribution in [0.4, 0.5) is 0 Å². The van der Waals surface area contributed by atoms with Crippen molar-refractivity contribution in [3.8, 4) is 11.8 Å². The maximum atomic E-state index is 5.92. The van der Waals surface area contributed by atoms with Crippen molar-refractivity contribution in [2.75, 3.05) is 0 Å². The fourth-order valence-electron chi connectivity index (χ4n) is 1.01. The lowest BCUT2D eigenvalue weighted by Crippen LogP contribution is -2.08. The minimum absolute atomic E-state index is 0.164. The van der Waals surface area contributed by atoms with Crippen LogP contribution in [0.1, 0.15) is 31.4 Å². The smallest absolute Gasteiger partial charge is 0.0312 e. The van der Waals surface area contributed by atoms with Gasteiger partial charge in [-0.25, -0.2) is 0 Å². The maximum absolute atomic E-state index is 5.92. The van der Waals surface area contributed by atoms with Crippen molar-refractivity contribution in [3.05, 3.63) is 22.4 Å². The molecular formula is C10H13NS. The largest absolute Gasteiger partial charge is 0.324 e. The second-order valence-corrected chi connectivity index (χ2v) is 3.41. The normalized spacial score (nSPS) is 11.8. The van der Waals surface area contributed by atoms with Gasteiger partial charge in [0.05, 0.1) is 0 Å². The molecule has 2 heteroatoms. The summed E-state index contributed by atoms with van der Waals surface area (Å²) in [6, 6.07) is 2.24. The summed E-state index contributed by atoms with van der Waals surface area (Å²) in [5, 5.41) is 4.16. The third kappa shape index (κ3) is 2.69. The van der Waals surface area contributed by atoms with Gasteiger partial charge in [-0.05, 0) is 35.7 Å². The van der Waals surface area contributed by atoms with Crippen molar-refractivity contribution in [2.24, 2.45) is 5.73 Å². The van der Waals surface area contributed by atoms with Crippen molar-refractivity contribution in [3.63, 3.8) is 0 Å². The molecule has 0 spiro atoms. The summed E-state index contributed by atoms with van der Waals surface area (Å²) in [5.41, 5.74) is 7.15. The Hall–Kier alpha value is -0.780. The minimum atomic E-state index is 0.164. The summed E-state index contributed by atoms with van der Waals surface area (Å²) in [4.78, 5) is 0. The molecule has 0 bridgehead atoms. The second kappa shape index (κ2) is 4.97. The average Bonchev–Trinajstić information content (AvgIpc) is 2.56. The van der Waals surface area contributed by atoms with E-state index in [1.807, 2.05) is 6.92 Å². The van der Waals surface area contributed by atoms with Gasteiger partial charge in [-0.15, -0.1) is 11.8 Å². The lowest BCUT2D eigenvalue weighted by molar-refractivity contribution is 0.670. The predicted molar refractivity (Wildman–Crippen MR) is 53.9 cm³/mol. The molecule has 1 aromatic heterocycles. The predicted octanol–water partition coefficient (Wildman–Crippen LogP) is 2.55. The van der Waals surface area contributed by atoms with E-state index >= 15 is 0 Å². The van der Waals surface area contributed by atoms with Crippen LogP contribution in [0, 0.1) is 11.8 Å². The number of nitrogens with two attached hydrogens (primary N) is 1. The molecule has 1 unspecified atom stereocenters. The molecule has 0 radical (unpaired) electrons. The zero-order valence-electron chi connectivity index (χ0n) is 7.21. The van der Waals surface area contributed by atoms with Gasteiger partial charge in [0.15, 0.2) is 0 Å². The molecule has 0 aliphatic heterocycles. The Balaban J connectivity index is 2.37. The molecule has 0 fully saturated rings. The quantitative estimate of drug-likeness (QED) is 0.709. The number of thiophene rings is 1. The van der Waals surface area contributed by atoms with Gasteiger partial charge in [0.2, 0.25) is 0 Å². The van der Waals surface area contributed by atoms with Crippen LogP contribution in [-0.4, -0.2) is 0 Å². The lowest BCUT2D eigenvalue weighted by atomic mass is 10.1. The molecule has 64 valence electrons. The second-order valence-electron chi connectivity index (χ2n) is 2.63. The van der Waals surface area contributed by atoms with E-state index in [0.29, 0.717) is 0 Å². The molecule has 1 nitrogen and oxygen atoms in total. The summed E-state index contributed by atoms with van der Waals surface area (Å²) in [6.07, 6.45) is 1.85. The van der Waals surface area contributed by atoms with Crippen LogP contribution >= 0.6 is 11.3 Å². The van der Waals surface area contributed by atoms with Gasteiger partial charge >= 0.3 is 0 Å². The van der Waals surface area contributed by atoms with Gasteiger partial charge in [0.1, 0.15) is 0 Å². The Kier molecular flexibility index (Phi) is 3.86. The van der Waals surface area contributed by atoms with E-state index in [4.69, 9.17) is 5.73 Å². The Morgan fingerprint density at radius 1 is 1.67 bits per heavy atom. The third-order valence-corrected chi connectivity index (χ3v) is 2.43. The minimum Gasteiger partial charge on any atom is -0.324 e. The Bertz CT molecular complexity index is 266. The topological polar surface area (TPSA) is 26.0 Å². The van der Waals surface area contributed by atoms with Gasteiger partial charge in [0.25, 0.3) is 0 Å². The molecular weight excluding hydrogens is 166 g/mol. The average molecular weight is 179 g/mol. The van der Waals surface area contributed by atoms with Crippen LogP contribution in [-0.2, 0) is 0 Å². The number of hydrogen-bond donors (Lipinski definition) is 1. The Morgan fingerprint density at radius 2 is 2.50 bits per heavy atom. The molecule has 1 aromatic rings. The summed E-state index contributed by atoms with van der Waals surface area (Å²) in [6.45, 7) is 1.86. The summed E-state index contributed by atoms with van der Waals surface area (Å²) in [7, 11) is 0. The van der Waals surface area contributed by atoms with Crippen LogP contribution < -0.4 is 5.73 Å². The summed E-state index contributed by atoms with van der Waals surface area (Å²) in [5.74, 6) is 5.88. The van der Waals surface area contributed by atoms with Crippen molar-refractivity contribution in [1.82, 2.24) is 0 Å². The highest BCUT2D eigenvalue weighted by Gasteiger charge is 2.03. The SMILES string of the molecule is CC#CCCC(N)c1ccsc1. The molecule has 0 saturated carbocycles. The molecule has 0 amide bonds. The molecule has 0 aliphatic carbocycles. The first kappa shape index (κ1) is 9.31. The van der Waals surface area contributed by atoms with Crippen LogP contribution in [0.3, 0.4) is 0 Å².